The quantitative estimate of drug-likeness (QED) is 0.102. The number of aromatic nitrogens is 2. The molecule has 2 saturated heterocycles. The van der Waals surface area contributed by atoms with Crippen LogP contribution in [0.5, 0.6) is 11.5 Å². The topological polar surface area (TPSA) is 219 Å². The van der Waals surface area contributed by atoms with Crippen LogP contribution in [0.2, 0.25) is 0 Å². The number of nitriles is 1. The van der Waals surface area contributed by atoms with Gasteiger partial charge in [0.2, 0.25) is 20.0 Å². The summed E-state index contributed by atoms with van der Waals surface area (Å²) in [6, 6.07) is 38.0. The normalized spacial score (nSPS) is 18.6. The number of hydrogen-bond acceptors (Lipinski definition) is 11. The van der Waals surface area contributed by atoms with Gasteiger partial charge in [-0.05, 0) is 134 Å². The molecule has 2 amide bonds. The van der Waals surface area contributed by atoms with E-state index >= 15 is 0 Å². The van der Waals surface area contributed by atoms with Gasteiger partial charge in [-0.25, -0.2) is 16.8 Å². The lowest BCUT2D eigenvalue weighted by Crippen LogP contribution is -2.48. The Morgan fingerprint density at radius 1 is 0.573 bits per heavy atom. The molecule has 10 rings (SSSR count). The number of fused-ring (bicyclic) bond motifs is 8. The maximum atomic E-state index is 13.4. The van der Waals surface area contributed by atoms with E-state index in [1.807, 2.05) is 12.1 Å². The highest BCUT2D eigenvalue weighted by Gasteiger charge is 2.41. The van der Waals surface area contributed by atoms with Crippen molar-refractivity contribution < 1.29 is 35.9 Å². The van der Waals surface area contributed by atoms with Crippen molar-refractivity contribution in [1.82, 2.24) is 17.7 Å². The number of hydrogen-bond donors (Lipinski definition) is 2. The molecule has 2 N–H and O–H groups in total. The first-order valence-electron chi connectivity index (χ1n) is 24.3. The van der Waals surface area contributed by atoms with Gasteiger partial charge in [-0.1, -0.05) is 37.4 Å². The Morgan fingerprint density at radius 2 is 0.933 bits per heavy atom. The number of benzene rings is 4. The molecule has 0 spiro atoms. The molecule has 4 unspecified atom stereocenters. The third kappa shape index (κ3) is 12.4. The van der Waals surface area contributed by atoms with E-state index in [1.54, 1.807) is 124 Å². The monoisotopic (exact) mass is 1050 g/mol. The van der Waals surface area contributed by atoms with Gasteiger partial charge in [0.15, 0.2) is 0 Å². The second-order valence-corrected chi connectivity index (χ2v) is 22.3. The van der Waals surface area contributed by atoms with Crippen molar-refractivity contribution in [3.63, 3.8) is 0 Å². The highest BCUT2D eigenvalue weighted by molar-refractivity contribution is 7.89. The summed E-state index contributed by atoms with van der Waals surface area (Å²) < 4.78 is 71.1. The van der Waals surface area contributed by atoms with Gasteiger partial charge in [0.05, 0.1) is 15.9 Å². The van der Waals surface area contributed by atoms with Crippen LogP contribution in [-0.4, -0.2) is 85.8 Å². The second-order valence-electron chi connectivity index (χ2n) is 18.5. The average Bonchev–Trinajstić information content (AvgIpc) is 3.41. The molecule has 388 valence electrons. The highest BCUT2D eigenvalue weighted by Crippen LogP contribution is 2.39. The number of carbonyl (C=O) groups excluding carboxylic acids is 2. The largest absolute Gasteiger partial charge is 0.490 e. The van der Waals surface area contributed by atoms with Gasteiger partial charge < -0.3 is 29.2 Å². The molecule has 4 bridgehead atoms. The van der Waals surface area contributed by atoms with Crippen LogP contribution in [-0.2, 0) is 33.1 Å². The second kappa shape index (κ2) is 23.5. The number of carbonyl (C=O) groups is 2. The molecular formula is C56H57N7O10S2. The molecule has 4 aliphatic heterocycles. The van der Waals surface area contributed by atoms with E-state index < -0.39 is 20.0 Å². The van der Waals surface area contributed by atoms with Crippen molar-refractivity contribution in [1.29, 1.82) is 5.26 Å². The van der Waals surface area contributed by atoms with E-state index in [2.05, 4.69) is 23.8 Å². The Bertz CT molecular complexity index is 3220. The molecule has 4 atom stereocenters. The summed E-state index contributed by atoms with van der Waals surface area (Å²) in [6.07, 6.45) is 5.04. The summed E-state index contributed by atoms with van der Waals surface area (Å²) in [6.45, 7) is 11.9. The Kier molecular flexibility index (Phi) is 16.8. The van der Waals surface area contributed by atoms with E-state index in [-0.39, 0.29) is 56.4 Å². The third-order valence-electron chi connectivity index (χ3n) is 13.4. The lowest BCUT2D eigenvalue weighted by molar-refractivity contribution is 0.101. The number of rotatable bonds is 14. The zero-order valence-electron chi connectivity index (χ0n) is 41.3. The predicted octanol–water partition coefficient (Wildman–Crippen LogP) is 7.48. The molecule has 6 heterocycles. The number of nitrogens with one attached hydrogen (secondary N) is 2. The average molecular weight is 1050 g/mol. The Morgan fingerprint density at radius 3 is 1.28 bits per heavy atom. The van der Waals surface area contributed by atoms with E-state index in [0.717, 1.165) is 24.2 Å². The number of pyridine rings is 2. The SMILES string of the molecule is C=CCOc1ccc(C(=O)Nc2ccc(S(=O)(=O)N3CC4CC(C3)c3cccc(=O)n3C4)cc2)cc1.C=CCOc1ccc(C(=O)Nc2ccc(S(=O)(=O)N3CC4CC(C3)c3cccc(=O)n3C4)cc2)cc1.CC#N. The van der Waals surface area contributed by atoms with Gasteiger partial charge >= 0.3 is 0 Å². The molecule has 17 nitrogen and oxygen atoms in total. The molecule has 75 heavy (non-hydrogen) atoms. The minimum Gasteiger partial charge on any atom is -0.490 e. The smallest absolute Gasteiger partial charge is 0.255 e. The molecule has 0 radical (unpaired) electrons. The number of nitrogens with zero attached hydrogens (tertiary/aromatic N) is 5. The summed E-state index contributed by atoms with van der Waals surface area (Å²) in [7, 11) is -7.43. The lowest BCUT2D eigenvalue weighted by atomic mass is 9.84. The van der Waals surface area contributed by atoms with Crippen LogP contribution in [0, 0.1) is 23.2 Å². The summed E-state index contributed by atoms with van der Waals surface area (Å²) in [5.41, 5.74) is 3.63. The summed E-state index contributed by atoms with van der Waals surface area (Å²) in [5, 5.41) is 12.9. The van der Waals surface area contributed by atoms with Crippen LogP contribution in [0.15, 0.2) is 178 Å². The fraction of sp³-hybridized carbons (Fsp3) is 0.268. The van der Waals surface area contributed by atoms with Gasteiger partial charge in [0.25, 0.3) is 22.9 Å². The van der Waals surface area contributed by atoms with E-state index in [1.165, 1.54) is 39.8 Å². The first kappa shape index (κ1) is 53.4. The number of amides is 2. The molecule has 2 fully saturated rings. The molecule has 2 aromatic heterocycles. The first-order chi connectivity index (χ1) is 36.1. The predicted molar refractivity (Wildman–Crippen MR) is 285 cm³/mol. The zero-order valence-corrected chi connectivity index (χ0v) is 42.9. The van der Waals surface area contributed by atoms with E-state index in [0.29, 0.717) is 86.5 Å². The van der Waals surface area contributed by atoms with Crippen molar-refractivity contribution >= 4 is 43.2 Å². The molecular weight excluding hydrogens is 995 g/mol. The van der Waals surface area contributed by atoms with Crippen LogP contribution in [0.4, 0.5) is 11.4 Å². The van der Waals surface area contributed by atoms with E-state index in [9.17, 15) is 36.0 Å². The van der Waals surface area contributed by atoms with Crippen molar-refractivity contribution in [2.75, 3.05) is 50.0 Å². The molecule has 19 heteroatoms. The van der Waals surface area contributed by atoms with Crippen LogP contribution >= 0.6 is 0 Å². The maximum Gasteiger partial charge on any atom is 0.255 e. The molecule has 6 aromatic rings. The summed E-state index contributed by atoms with van der Waals surface area (Å²) in [4.78, 5) is 50.0. The summed E-state index contributed by atoms with van der Waals surface area (Å²) >= 11 is 0. The van der Waals surface area contributed by atoms with Gasteiger partial charge in [0, 0.05) is 104 Å². The fourth-order valence-electron chi connectivity index (χ4n) is 9.94. The van der Waals surface area contributed by atoms with Gasteiger partial charge in [-0.3, -0.25) is 19.2 Å². The van der Waals surface area contributed by atoms with Gasteiger partial charge in [-0.15, -0.1) is 0 Å². The minimum atomic E-state index is -3.71. The lowest BCUT2D eigenvalue weighted by Gasteiger charge is -2.42. The third-order valence-corrected chi connectivity index (χ3v) is 17.1. The Hall–Kier alpha value is -7.89. The minimum absolute atomic E-state index is 0.00621. The number of ether oxygens (including phenoxy) is 2. The molecule has 0 saturated carbocycles. The summed E-state index contributed by atoms with van der Waals surface area (Å²) in [5.74, 6) is 0.840. The van der Waals surface area contributed by atoms with Crippen LogP contribution in [0.25, 0.3) is 0 Å². The standard InChI is InChI=1S/2C27H27N3O5S.C2H3N/c2*1-2-14-35-23-10-6-20(7-11-23)27(32)28-22-8-12-24(13-9-22)36(33,34)29-16-19-15-21(18-29)25-4-3-5-26(31)30(25)17-19;1-2-3/h2*2-13,19,21H,1,14-18H2,(H,28,32);1H3. The van der Waals surface area contributed by atoms with Crippen molar-refractivity contribution in [2.24, 2.45) is 11.8 Å². The van der Waals surface area contributed by atoms with Gasteiger partial charge in [0.1, 0.15) is 24.7 Å². The van der Waals surface area contributed by atoms with Crippen molar-refractivity contribution in [2.45, 2.75) is 54.5 Å². The Labute approximate surface area is 436 Å². The van der Waals surface area contributed by atoms with Crippen LogP contribution in [0.1, 0.15) is 63.7 Å². The Balaban J connectivity index is 0.000000189. The zero-order chi connectivity index (χ0) is 53.3. The number of anilines is 2. The van der Waals surface area contributed by atoms with Crippen molar-refractivity contribution in [3.05, 3.63) is 202 Å². The number of sulfonamides is 2. The van der Waals surface area contributed by atoms with Crippen LogP contribution in [0.3, 0.4) is 0 Å². The molecule has 4 aromatic carbocycles. The fourth-order valence-corrected chi connectivity index (χ4v) is 13.1. The van der Waals surface area contributed by atoms with Crippen molar-refractivity contribution in [3.8, 4) is 17.6 Å². The van der Waals surface area contributed by atoms with Crippen LogP contribution < -0.4 is 31.2 Å². The number of piperidine rings is 2. The first-order valence-corrected chi connectivity index (χ1v) is 27.2. The highest BCUT2D eigenvalue weighted by atomic mass is 32.2. The maximum absolute atomic E-state index is 13.4. The van der Waals surface area contributed by atoms with E-state index in [4.69, 9.17) is 14.7 Å². The molecule has 0 aliphatic carbocycles. The van der Waals surface area contributed by atoms with Gasteiger partial charge in [-0.2, -0.15) is 13.9 Å². The molecule has 4 aliphatic rings.